The first-order chi connectivity index (χ1) is 14.5. The number of fused-ring (bicyclic) bond motifs is 2. The van der Waals surface area contributed by atoms with Crippen molar-refractivity contribution < 1.29 is 19.3 Å². The van der Waals surface area contributed by atoms with E-state index in [0.29, 0.717) is 15.7 Å². The summed E-state index contributed by atoms with van der Waals surface area (Å²) in [4.78, 5) is 23.3. The van der Waals surface area contributed by atoms with Crippen molar-refractivity contribution >= 4 is 46.3 Å². The monoisotopic (exact) mass is 465 g/mol. The maximum atomic E-state index is 11.7. The van der Waals surface area contributed by atoms with Gasteiger partial charge in [-0.25, -0.2) is 0 Å². The second kappa shape index (κ2) is 6.73. The van der Waals surface area contributed by atoms with Crippen molar-refractivity contribution in [3.8, 4) is 11.5 Å². The maximum absolute atomic E-state index is 11.7. The molecule has 2 aromatic carbocycles. The summed E-state index contributed by atoms with van der Waals surface area (Å²) in [6.07, 6.45) is 3.09. The van der Waals surface area contributed by atoms with Crippen molar-refractivity contribution in [3.63, 3.8) is 0 Å². The third-order valence-corrected chi connectivity index (χ3v) is 6.62. The minimum absolute atomic E-state index is 0.00775. The molecule has 2 aromatic rings. The molecule has 1 spiro atoms. The van der Waals surface area contributed by atoms with Crippen molar-refractivity contribution in [1.82, 2.24) is 0 Å². The van der Waals surface area contributed by atoms with Crippen LogP contribution in [0.5, 0.6) is 11.5 Å². The molecule has 0 amide bonds. The number of nitro groups is 2. The molecule has 0 N–H and O–H groups in total. The molecule has 0 aliphatic carbocycles. The Morgan fingerprint density at radius 2 is 1.77 bits per heavy atom. The van der Waals surface area contributed by atoms with Crippen LogP contribution >= 0.6 is 23.2 Å². The van der Waals surface area contributed by atoms with E-state index in [2.05, 4.69) is 0 Å². The summed E-state index contributed by atoms with van der Waals surface area (Å²) < 4.78 is 11.7. The fraction of sp³-hybridized carbons (Fsp3) is 0.300. The molecule has 2 heterocycles. The van der Waals surface area contributed by atoms with Crippen LogP contribution in [-0.2, 0) is 5.41 Å². The summed E-state index contributed by atoms with van der Waals surface area (Å²) in [5.41, 5.74) is -1.89. The Morgan fingerprint density at radius 1 is 1.13 bits per heavy atom. The average Bonchev–Trinajstić information content (AvgIpc) is 2.88. The normalized spacial score (nSPS) is 20.3. The number of anilines is 1. The molecular formula is C20H17Cl2N3O6. The van der Waals surface area contributed by atoms with E-state index in [1.54, 1.807) is 25.3 Å². The van der Waals surface area contributed by atoms with E-state index in [-0.39, 0.29) is 17.1 Å². The quantitative estimate of drug-likeness (QED) is 0.443. The SMILES string of the molecule is COc1cc([N+](=O)[O-])c([N+](=O)[O-])c2c1OC1(C=C2)N(C)c2c(Cl)ccc(Cl)c2C1(C)C. The largest absolute Gasteiger partial charge is 0.493 e. The molecule has 9 nitrogen and oxygen atoms in total. The fourth-order valence-electron chi connectivity index (χ4n) is 4.51. The summed E-state index contributed by atoms with van der Waals surface area (Å²) >= 11 is 13.0. The van der Waals surface area contributed by atoms with Gasteiger partial charge in [0.05, 0.1) is 39.1 Å². The van der Waals surface area contributed by atoms with Gasteiger partial charge in [0.1, 0.15) is 5.56 Å². The molecule has 2 aliphatic heterocycles. The van der Waals surface area contributed by atoms with Crippen LogP contribution in [0, 0.1) is 20.2 Å². The van der Waals surface area contributed by atoms with Crippen LogP contribution in [0.4, 0.5) is 17.1 Å². The third-order valence-electron chi connectivity index (χ3n) is 6.00. The van der Waals surface area contributed by atoms with Gasteiger partial charge in [0.25, 0.3) is 0 Å². The van der Waals surface area contributed by atoms with Gasteiger partial charge in [0, 0.05) is 17.6 Å². The standard InChI is InChI=1S/C20H17Cl2N3O6/c1-19(2)15-11(21)5-6-12(22)17(15)23(3)20(19)8-7-10-16(25(28)29)13(24(26)27)9-14(30-4)18(10)31-20/h5-9H,1-4H3. The summed E-state index contributed by atoms with van der Waals surface area (Å²) in [6, 6.07) is 4.38. The number of rotatable bonds is 3. The molecule has 1 atom stereocenters. The second-order valence-corrected chi connectivity index (χ2v) is 8.59. The molecule has 0 aromatic heterocycles. The highest BCUT2D eigenvalue weighted by Crippen LogP contribution is 2.60. The minimum Gasteiger partial charge on any atom is -0.493 e. The van der Waals surface area contributed by atoms with Crippen LogP contribution < -0.4 is 14.4 Å². The third kappa shape index (κ3) is 2.63. The lowest BCUT2D eigenvalue weighted by Gasteiger charge is -2.45. The molecule has 31 heavy (non-hydrogen) atoms. The van der Waals surface area contributed by atoms with Crippen LogP contribution in [0.25, 0.3) is 6.08 Å². The Kier molecular flexibility index (Phi) is 4.60. The molecular weight excluding hydrogens is 449 g/mol. The maximum Gasteiger partial charge on any atom is 0.357 e. The number of methoxy groups -OCH3 is 1. The highest BCUT2D eigenvalue weighted by molar-refractivity contribution is 6.36. The van der Waals surface area contributed by atoms with Crippen molar-refractivity contribution in [3.05, 3.63) is 65.7 Å². The van der Waals surface area contributed by atoms with Gasteiger partial charge in [0.15, 0.2) is 11.5 Å². The first-order valence-corrected chi connectivity index (χ1v) is 9.88. The first-order valence-electron chi connectivity index (χ1n) is 9.12. The van der Waals surface area contributed by atoms with E-state index < -0.39 is 32.4 Å². The fourth-order valence-corrected chi connectivity index (χ4v) is 5.18. The van der Waals surface area contributed by atoms with Crippen LogP contribution in [0.1, 0.15) is 25.0 Å². The van der Waals surface area contributed by atoms with Gasteiger partial charge in [-0.1, -0.05) is 23.2 Å². The summed E-state index contributed by atoms with van der Waals surface area (Å²) in [5.74, 6) is 0.0376. The van der Waals surface area contributed by atoms with Crippen LogP contribution in [0.3, 0.4) is 0 Å². The summed E-state index contributed by atoms with van der Waals surface area (Å²) in [6.45, 7) is 3.83. The number of halogens is 2. The minimum atomic E-state index is -1.17. The molecule has 0 bridgehead atoms. The van der Waals surface area contributed by atoms with Crippen LogP contribution in [0.15, 0.2) is 24.3 Å². The number of hydrogen-bond donors (Lipinski definition) is 0. The molecule has 11 heteroatoms. The van der Waals surface area contributed by atoms with Gasteiger partial charge in [-0.15, -0.1) is 0 Å². The first kappa shape index (κ1) is 21.2. The van der Waals surface area contributed by atoms with Gasteiger partial charge in [-0.3, -0.25) is 20.2 Å². The zero-order chi connectivity index (χ0) is 22.9. The Labute approximate surface area is 187 Å². The topological polar surface area (TPSA) is 108 Å². The van der Waals surface area contributed by atoms with Crippen LogP contribution in [-0.4, -0.2) is 29.7 Å². The molecule has 1 unspecified atom stereocenters. The van der Waals surface area contributed by atoms with Crippen molar-refractivity contribution in [2.45, 2.75) is 25.0 Å². The van der Waals surface area contributed by atoms with E-state index in [1.807, 2.05) is 18.7 Å². The Hall–Kier alpha value is -3.04. The number of likely N-dealkylation sites (N-methyl/N-ethyl adjacent to an activating group) is 1. The second-order valence-electron chi connectivity index (χ2n) is 7.77. The van der Waals surface area contributed by atoms with E-state index >= 15 is 0 Å². The zero-order valence-electron chi connectivity index (χ0n) is 16.9. The predicted molar refractivity (Wildman–Crippen MR) is 117 cm³/mol. The van der Waals surface area contributed by atoms with Crippen molar-refractivity contribution in [1.29, 1.82) is 0 Å². The zero-order valence-corrected chi connectivity index (χ0v) is 18.4. The Bertz CT molecular complexity index is 1200. The number of benzene rings is 2. The lowest BCUT2D eigenvalue weighted by Crippen LogP contribution is -2.58. The van der Waals surface area contributed by atoms with Gasteiger partial charge in [-0.2, -0.15) is 0 Å². The van der Waals surface area contributed by atoms with Gasteiger partial charge >= 0.3 is 11.4 Å². The van der Waals surface area contributed by atoms with Crippen molar-refractivity contribution in [2.75, 3.05) is 19.1 Å². The molecule has 0 saturated heterocycles. The lowest BCUT2D eigenvalue weighted by atomic mass is 9.76. The Morgan fingerprint density at radius 3 is 2.32 bits per heavy atom. The van der Waals surface area contributed by atoms with Crippen molar-refractivity contribution in [2.24, 2.45) is 0 Å². The van der Waals surface area contributed by atoms with E-state index in [0.717, 1.165) is 11.6 Å². The summed E-state index contributed by atoms with van der Waals surface area (Å²) in [7, 11) is 3.09. The molecule has 0 fully saturated rings. The van der Waals surface area contributed by atoms with Crippen LogP contribution in [0.2, 0.25) is 10.0 Å². The number of nitrogens with zero attached hydrogens (tertiary/aromatic N) is 3. The molecule has 4 rings (SSSR count). The van der Waals surface area contributed by atoms with Gasteiger partial charge < -0.3 is 14.4 Å². The van der Waals surface area contributed by atoms with Gasteiger partial charge in [0.2, 0.25) is 5.72 Å². The molecule has 162 valence electrons. The average molecular weight is 466 g/mol. The number of nitro benzene ring substituents is 2. The van der Waals surface area contributed by atoms with E-state index in [1.165, 1.54) is 13.2 Å². The molecule has 0 radical (unpaired) electrons. The lowest BCUT2D eigenvalue weighted by molar-refractivity contribution is -0.422. The number of hydrogen-bond acceptors (Lipinski definition) is 7. The van der Waals surface area contributed by atoms with E-state index in [9.17, 15) is 20.2 Å². The molecule has 0 saturated carbocycles. The Balaban J connectivity index is 2.01. The number of ether oxygens (including phenoxy) is 2. The summed E-state index contributed by atoms with van der Waals surface area (Å²) in [5, 5.41) is 24.1. The smallest absolute Gasteiger partial charge is 0.357 e. The molecule has 2 aliphatic rings. The predicted octanol–water partition coefficient (Wildman–Crippen LogP) is 5.35. The highest BCUT2D eigenvalue weighted by atomic mass is 35.5. The van der Waals surface area contributed by atoms with E-state index in [4.69, 9.17) is 32.7 Å². The highest BCUT2D eigenvalue weighted by Gasteiger charge is 2.60. The van der Waals surface area contributed by atoms with Gasteiger partial charge in [-0.05, 0) is 38.1 Å².